The molecular formula is C21H19Cl2N3O3. The molecule has 0 saturated carbocycles. The molecule has 2 N–H and O–H groups in total. The van der Waals surface area contributed by atoms with Crippen molar-refractivity contribution in [2.45, 2.75) is 25.0 Å². The Morgan fingerprint density at radius 3 is 2.93 bits per heavy atom. The van der Waals surface area contributed by atoms with E-state index in [-0.39, 0.29) is 24.2 Å². The number of hydrogen-bond acceptors (Lipinski definition) is 5. The first-order chi connectivity index (χ1) is 14.0. The molecule has 1 aromatic carbocycles. The molecular weight excluding hydrogens is 413 g/mol. The largest absolute Gasteiger partial charge is 0.389 e. The second kappa shape index (κ2) is 8.63. The van der Waals surface area contributed by atoms with Gasteiger partial charge in [0.25, 0.3) is 5.91 Å². The number of nitrogens with one attached hydrogen (secondary N) is 1. The van der Waals surface area contributed by atoms with Gasteiger partial charge in [-0.15, -0.1) is 0 Å². The van der Waals surface area contributed by atoms with Crippen molar-refractivity contribution in [2.24, 2.45) is 0 Å². The Morgan fingerprint density at radius 2 is 2.14 bits per heavy atom. The molecule has 8 heteroatoms. The first kappa shape index (κ1) is 20.0. The van der Waals surface area contributed by atoms with E-state index in [0.29, 0.717) is 35.1 Å². The van der Waals surface area contributed by atoms with Crippen molar-refractivity contribution in [3.05, 3.63) is 69.6 Å². The van der Waals surface area contributed by atoms with Crippen molar-refractivity contribution < 1.29 is 14.6 Å². The first-order valence-corrected chi connectivity index (χ1v) is 10.0. The lowest BCUT2D eigenvalue weighted by Crippen LogP contribution is -2.48. The molecule has 0 spiro atoms. The Morgan fingerprint density at radius 1 is 1.28 bits per heavy atom. The van der Waals surface area contributed by atoms with Gasteiger partial charge in [0, 0.05) is 18.2 Å². The van der Waals surface area contributed by atoms with E-state index in [1.807, 2.05) is 18.2 Å². The molecule has 150 valence electrons. The van der Waals surface area contributed by atoms with E-state index in [1.165, 1.54) is 0 Å². The van der Waals surface area contributed by atoms with Crippen molar-refractivity contribution in [3.8, 4) is 0 Å². The van der Waals surface area contributed by atoms with Gasteiger partial charge in [-0.25, -0.2) is 9.97 Å². The standard InChI is InChI=1S/C21H19Cl2N3O3/c22-15-3-1-2-14-13(8-12-4-6-24-19(23)9-12)10-17(25-20(14)15)21(28)26-16-5-7-29-11-18(16)27/h1-4,6,9-10,16,18,27H,5,7-8,11H2,(H,26,28). The summed E-state index contributed by atoms with van der Waals surface area (Å²) in [6, 6.07) is 10.6. The van der Waals surface area contributed by atoms with Gasteiger partial charge in [-0.3, -0.25) is 4.79 Å². The normalized spacial score (nSPS) is 19.3. The Balaban J connectivity index is 1.70. The number of para-hydroxylation sites is 1. The number of aliphatic hydroxyl groups is 1. The van der Waals surface area contributed by atoms with E-state index in [4.69, 9.17) is 27.9 Å². The summed E-state index contributed by atoms with van der Waals surface area (Å²) in [6.07, 6.45) is 2.00. The van der Waals surface area contributed by atoms with Gasteiger partial charge in [-0.05, 0) is 48.2 Å². The summed E-state index contributed by atoms with van der Waals surface area (Å²) in [5.74, 6) is -0.355. The molecule has 29 heavy (non-hydrogen) atoms. The lowest BCUT2D eigenvalue weighted by molar-refractivity contribution is -0.0261. The summed E-state index contributed by atoms with van der Waals surface area (Å²) in [5, 5.41) is 14.7. The third-order valence-corrected chi connectivity index (χ3v) is 5.45. The molecule has 0 radical (unpaired) electrons. The number of hydrogen-bond donors (Lipinski definition) is 2. The zero-order valence-electron chi connectivity index (χ0n) is 15.4. The number of carbonyl (C=O) groups excluding carboxylic acids is 1. The summed E-state index contributed by atoms with van der Waals surface area (Å²) < 4.78 is 5.22. The molecule has 1 aliphatic heterocycles. The minimum Gasteiger partial charge on any atom is -0.389 e. The second-order valence-electron chi connectivity index (χ2n) is 6.98. The summed E-state index contributed by atoms with van der Waals surface area (Å²) in [5.41, 5.74) is 2.67. The fraction of sp³-hybridized carbons (Fsp3) is 0.286. The Bertz CT molecular complexity index is 1060. The lowest BCUT2D eigenvalue weighted by atomic mass is 10.00. The molecule has 1 aliphatic rings. The molecule has 6 nitrogen and oxygen atoms in total. The van der Waals surface area contributed by atoms with Crippen LogP contribution >= 0.6 is 23.2 Å². The number of aromatic nitrogens is 2. The molecule has 2 aromatic heterocycles. The summed E-state index contributed by atoms with van der Waals surface area (Å²) >= 11 is 12.4. The van der Waals surface area contributed by atoms with Gasteiger partial charge in [-0.2, -0.15) is 0 Å². The number of pyridine rings is 2. The molecule has 0 bridgehead atoms. The first-order valence-electron chi connectivity index (χ1n) is 9.26. The minimum atomic E-state index is -0.741. The highest BCUT2D eigenvalue weighted by Gasteiger charge is 2.26. The number of carbonyl (C=O) groups is 1. The third-order valence-electron chi connectivity index (χ3n) is 4.94. The van der Waals surface area contributed by atoms with Crippen LogP contribution in [0, 0.1) is 0 Å². The molecule has 4 rings (SSSR count). The zero-order chi connectivity index (χ0) is 20.4. The van der Waals surface area contributed by atoms with Crippen LogP contribution in [0.2, 0.25) is 10.2 Å². The van der Waals surface area contributed by atoms with Crippen LogP contribution in [0.3, 0.4) is 0 Å². The average molecular weight is 432 g/mol. The van der Waals surface area contributed by atoms with Crippen LogP contribution in [0.1, 0.15) is 28.0 Å². The highest BCUT2D eigenvalue weighted by molar-refractivity contribution is 6.35. The van der Waals surface area contributed by atoms with Gasteiger partial charge in [0.05, 0.1) is 29.3 Å². The maximum atomic E-state index is 12.9. The van der Waals surface area contributed by atoms with E-state index in [1.54, 1.807) is 24.4 Å². The predicted octanol–water partition coefficient (Wildman–Crippen LogP) is 3.41. The predicted molar refractivity (Wildman–Crippen MR) is 112 cm³/mol. The number of amides is 1. The van der Waals surface area contributed by atoms with Gasteiger partial charge in [-0.1, -0.05) is 35.3 Å². The number of aliphatic hydroxyl groups excluding tert-OH is 1. The molecule has 1 saturated heterocycles. The molecule has 1 fully saturated rings. The smallest absolute Gasteiger partial charge is 0.270 e. The molecule has 0 aliphatic carbocycles. The van der Waals surface area contributed by atoms with Crippen molar-refractivity contribution >= 4 is 40.0 Å². The minimum absolute atomic E-state index is 0.204. The third kappa shape index (κ3) is 4.51. The maximum Gasteiger partial charge on any atom is 0.270 e. The second-order valence-corrected chi connectivity index (χ2v) is 7.77. The van der Waals surface area contributed by atoms with Crippen molar-refractivity contribution in [1.29, 1.82) is 0 Å². The van der Waals surface area contributed by atoms with E-state index in [9.17, 15) is 9.90 Å². The van der Waals surface area contributed by atoms with Crippen LogP contribution in [-0.4, -0.2) is 46.3 Å². The van der Waals surface area contributed by atoms with E-state index in [0.717, 1.165) is 16.5 Å². The van der Waals surface area contributed by atoms with Crippen LogP contribution in [0.5, 0.6) is 0 Å². The van der Waals surface area contributed by atoms with E-state index >= 15 is 0 Å². The van der Waals surface area contributed by atoms with Gasteiger partial charge < -0.3 is 15.2 Å². The summed E-state index contributed by atoms with van der Waals surface area (Å²) in [7, 11) is 0. The fourth-order valence-electron chi connectivity index (χ4n) is 3.45. The van der Waals surface area contributed by atoms with Gasteiger partial charge >= 0.3 is 0 Å². The molecule has 1 amide bonds. The van der Waals surface area contributed by atoms with Crippen LogP contribution in [0.25, 0.3) is 10.9 Å². The Kier molecular flexibility index (Phi) is 5.96. The SMILES string of the molecule is O=C(NC1CCOCC1O)c1cc(Cc2ccnc(Cl)c2)c2cccc(Cl)c2n1. The molecule has 2 unspecified atom stereocenters. The number of ether oxygens (including phenoxy) is 1. The number of fused-ring (bicyclic) bond motifs is 1. The Hall–Kier alpha value is -2.25. The molecule has 3 aromatic rings. The quantitative estimate of drug-likeness (QED) is 0.618. The van der Waals surface area contributed by atoms with E-state index in [2.05, 4.69) is 15.3 Å². The number of benzene rings is 1. The number of halogens is 2. The Labute approximate surface area is 177 Å². The number of nitrogens with zero attached hydrogens (tertiary/aromatic N) is 2. The van der Waals surface area contributed by atoms with E-state index < -0.39 is 6.10 Å². The molecule has 3 heterocycles. The van der Waals surface area contributed by atoms with Crippen LogP contribution in [-0.2, 0) is 11.2 Å². The average Bonchev–Trinajstić information content (AvgIpc) is 2.70. The van der Waals surface area contributed by atoms with Crippen LogP contribution < -0.4 is 5.32 Å². The zero-order valence-corrected chi connectivity index (χ0v) is 17.0. The van der Waals surface area contributed by atoms with Gasteiger partial charge in [0.15, 0.2) is 0 Å². The summed E-state index contributed by atoms with van der Waals surface area (Å²) in [4.78, 5) is 21.4. The van der Waals surface area contributed by atoms with Crippen LogP contribution in [0.15, 0.2) is 42.6 Å². The van der Waals surface area contributed by atoms with Gasteiger partial charge in [0.1, 0.15) is 10.8 Å². The van der Waals surface area contributed by atoms with Crippen LogP contribution in [0.4, 0.5) is 0 Å². The molecule has 2 atom stereocenters. The highest BCUT2D eigenvalue weighted by atomic mass is 35.5. The fourth-order valence-corrected chi connectivity index (χ4v) is 3.87. The highest BCUT2D eigenvalue weighted by Crippen LogP contribution is 2.27. The van der Waals surface area contributed by atoms with Gasteiger partial charge in [0.2, 0.25) is 0 Å². The summed E-state index contributed by atoms with van der Waals surface area (Å²) in [6.45, 7) is 0.697. The van der Waals surface area contributed by atoms with Crippen molar-refractivity contribution in [2.75, 3.05) is 13.2 Å². The monoisotopic (exact) mass is 431 g/mol. The lowest BCUT2D eigenvalue weighted by Gasteiger charge is -2.28. The topological polar surface area (TPSA) is 84.3 Å². The van der Waals surface area contributed by atoms with Crippen molar-refractivity contribution in [1.82, 2.24) is 15.3 Å². The maximum absolute atomic E-state index is 12.9. The van der Waals surface area contributed by atoms with Crippen molar-refractivity contribution in [3.63, 3.8) is 0 Å². The number of rotatable bonds is 4.